The van der Waals surface area contributed by atoms with E-state index in [4.69, 9.17) is 10.5 Å². The highest BCUT2D eigenvalue weighted by Gasteiger charge is 2.50. The summed E-state index contributed by atoms with van der Waals surface area (Å²) in [6, 6.07) is 9.60. The Hall–Kier alpha value is -2.04. The van der Waals surface area contributed by atoms with Crippen LogP contribution in [0.15, 0.2) is 30.3 Å². The Labute approximate surface area is 144 Å². The molecule has 1 aromatic rings. The first-order valence-corrected chi connectivity index (χ1v) is 8.34. The van der Waals surface area contributed by atoms with E-state index in [0.717, 1.165) is 5.56 Å². The number of nitrogens with two attached hydrogens (primary N) is 1. The molecule has 0 spiro atoms. The van der Waals surface area contributed by atoms with Gasteiger partial charge in [-0.2, -0.15) is 0 Å². The molecule has 1 atom stereocenters. The number of likely N-dealkylation sites (tertiary alicyclic amines) is 1. The van der Waals surface area contributed by atoms with Crippen molar-refractivity contribution in [3.63, 3.8) is 0 Å². The summed E-state index contributed by atoms with van der Waals surface area (Å²) in [5.41, 5.74) is 4.87. The maximum Gasteiger partial charge on any atom is 0.410 e. The lowest BCUT2D eigenvalue weighted by molar-refractivity contribution is -0.127. The van der Waals surface area contributed by atoms with E-state index in [1.54, 1.807) is 4.90 Å². The minimum Gasteiger partial charge on any atom is -0.444 e. The summed E-state index contributed by atoms with van der Waals surface area (Å²) in [7, 11) is 0. The van der Waals surface area contributed by atoms with E-state index in [2.05, 4.69) is 0 Å². The van der Waals surface area contributed by atoms with Crippen LogP contribution < -0.4 is 5.73 Å². The van der Waals surface area contributed by atoms with E-state index in [9.17, 15) is 9.59 Å². The van der Waals surface area contributed by atoms with Gasteiger partial charge < -0.3 is 15.4 Å². The second kappa shape index (κ2) is 6.11. The maximum absolute atomic E-state index is 12.5. The van der Waals surface area contributed by atoms with E-state index in [1.807, 2.05) is 65.0 Å². The fourth-order valence-corrected chi connectivity index (χ4v) is 3.54. The molecule has 24 heavy (non-hydrogen) atoms. The minimum absolute atomic E-state index is 0.342. The van der Waals surface area contributed by atoms with Crippen LogP contribution in [0, 0.1) is 0 Å². The summed E-state index contributed by atoms with van der Waals surface area (Å²) >= 11 is 0. The molecule has 0 aliphatic carbocycles. The van der Waals surface area contributed by atoms with Crippen LogP contribution >= 0.6 is 0 Å². The van der Waals surface area contributed by atoms with Gasteiger partial charge in [-0.1, -0.05) is 30.3 Å². The van der Waals surface area contributed by atoms with Crippen LogP contribution in [0.2, 0.25) is 0 Å². The Bertz CT molecular complexity index is 619. The van der Waals surface area contributed by atoms with Crippen molar-refractivity contribution in [2.75, 3.05) is 6.54 Å². The van der Waals surface area contributed by atoms with Crippen molar-refractivity contribution in [2.24, 2.45) is 5.73 Å². The molecule has 0 radical (unpaired) electrons. The van der Waals surface area contributed by atoms with Gasteiger partial charge in [0.05, 0.1) is 5.41 Å². The van der Waals surface area contributed by atoms with Crippen LogP contribution in [0.3, 0.4) is 0 Å². The number of hydrogen-bond donors (Lipinski definition) is 1. The largest absolute Gasteiger partial charge is 0.444 e. The summed E-state index contributed by atoms with van der Waals surface area (Å²) in [4.78, 5) is 26.6. The first kappa shape index (κ1) is 18.3. The molecular formula is C19H28N2O3. The van der Waals surface area contributed by atoms with E-state index >= 15 is 0 Å². The average molecular weight is 332 g/mol. The molecule has 1 aliphatic heterocycles. The number of carbonyl (C=O) groups is 2. The normalized spacial score (nSPS) is 23.6. The molecule has 5 heteroatoms. The van der Waals surface area contributed by atoms with Gasteiger partial charge in [0.1, 0.15) is 5.60 Å². The van der Waals surface area contributed by atoms with Crippen molar-refractivity contribution in [1.82, 2.24) is 4.90 Å². The zero-order chi connectivity index (χ0) is 18.2. The number of primary amides is 1. The Balaban J connectivity index is 2.31. The van der Waals surface area contributed by atoms with Crippen LogP contribution in [0.1, 0.15) is 53.0 Å². The van der Waals surface area contributed by atoms with Gasteiger partial charge in [-0.05, 0) is 53.0 Å². The molecule has 1 unspecified atom stereocenters. The summed E-state index contributed by atoms with van der Waals surface area (Å²) in [5.74, 6) is -0.342. The molecule has 1 heterocycles. The lowest BCUT2D eigenvalue weighted by Gasteiger charge is -2.50. The first-order chi connectivity index (χ1) is 11.0. The smallest absolute Gasteiger partial charge is 0.410 e. The molecule has 2 N–H and O–H groups in total. The van der Waals surface area contributed by atoms with E-state index in [0.29, 0.717) is 19.4 Å². The topological polar surface area (TPSA) is 72.6 Å². The van der Waals surface area contributed by atoms with Crippen LogP contribution in [-0.2, 0) is 14.9 Å². The molecule has 5 nitrogen and oxygen atoms in total. The van der Waals surface area contributed by atoms with Crippen molar-refractivity contribution in [3.05, 3.63) is 35.9 Å². The van der Waals surface area contributed by atoms with Gasteiger partial charge in [0.2, 0.25) is 5.91 Å². The molecule has 1 saturated heterocycles. The Kier molecular flexibility index (Phi) is 4.66. The highest BCUT2D eigenvalue weighted by atomic mass is 16.6. The molecule has 0 saturated carbocycles. The molecule has 0 bridgehead atoms. The van der Waals surface area contributed by atoms with Crippen LogP contribution in [-0.4, -0.2) is 34.6 Å². The van der Waals surface area contributed by atoms with Crippen LogP contribution in [0.5, 0.6) is 0 Å². The zero-order valence-electron chi connectivity index (χ0n) is 15.3. The molecule has 0 aromatic heterocycles. The number of amides is 2. The number of rotatable bonds is 2. The highest BCUT2D eigenvalue weighted by molar-refractivity contribution is 5.87. The number of benzene rings is 1. The van der Waals surface area contributed by atoms with Gasteiger partial charge in [-0.25, -0.2) is 4.79 Å². The van der Waals surface area contributed by atoms with Crippen molar-refractivity contribution in [3.8, 4) is 0 Å². The molecule has 1 fully saturated rings. The van der Waals surface area contributed by atoms with Gasteiger partial charge in [0.15, 0.2) is 0 Å². The molecule has 2 amide bonds. The number of hydrogen-bond acceptors (Lipinski definition) is 3. The lowest BCUT2D eigenvalue weighted by atomic mass is 9.66. The Morgan fingerprint density at radius 2 is 1.75 bits per heavy atom. The SMILES string of the molecule is CC(C)(C)OC(=O)N1CCC(C(N)=O)(c2ccccc2)CC1(C)C. The predicted octanol–water partition coefficient (Wildman–Crippen LogP) is 3.22. The molecule has 2 rings (SSSR count). The molecule has 1 aromatic carbocycles. The Morgan fingerprint density at radius 1 is 1.17 bits per heavy atom. The quantitative estimate of drug-likeness (QED) is 0.904. The third kappa shape index (κ3) is 3.55. The van der Waals surface area contributed by atoms with E-state index in [-0.39, 0.29) is 12.0 Å². The van der Waals surface area contributed by atoms with Crippen molar-refractivity contribution in [2.45, 2.75) is 64.0 Å². The van der Waals surface area contributed by atoms with E-state index in [1.165, 1.54) is 0 Å². The highest BCUT2D eigenvalue weighted by Crippen LogP contribution is 2.43. The van der Waals surface area contributed by atoms with Gasteiger partial charge in [0, 0.05) is 12.1 Å². The average Bonchev–Trinajstić information content (AvgIpc) is 2.44. The molecular weight excluding hydrogens is 304 g/mol. The monoisotopic (exact) mass is 332 g/mol. The fraction of sp³-hybridized carbons (Fsp3) is 0.579. The fourth-order valence-electron chi connectivity index (χ4n) is 3.54. The van der Waals surface area contributed by atoms with Gasteiger partial charge >= 0.3 is 6.09 Å². The van der Waals surface area contributed by atoms with Crippen molar-refractivity contribution >= 4 is 12.0 Å². The first-order valence-electron chi connectivity index (χ1n) is 8.34. The lowest BCUT2D eigenvalue weighted by Crippen LogP contribution is -2.61. The van der Waals surface area contributed by atoms with Crippen LogP contribution in [0.25, 0.3) is 0 Å². The van der Waals surface area contributed by atoms with E-state index < -0.39 is 16.6 Å². The van der Waals surface area contributed by atoms with Crippen molar-refractivity contribution in [1.29, 1.82) is 0 Å². The standard InChI is InChI=1S/C19H28N2O3/c1-17(2,3)24-16(23)21-12-11-19(15(20)22,13-18(21,4)5)14-9-7-6-8-10-14/h6-10H,11-13H2,1-5H3,(H2,20,22). The number of nitrogens with zero attached hydrogens (tertiary/aromatic N) is 1. The Morgan fingerprint density at radius 3 is 2.21 bits per heavy atom. The maximum atomic E-state index is 12.5. The number of carbonyl (C=O) groups excluding carboxylic acids is 2. The van der Waals surface area contributed by atoms with Gasteiger partial charge in [0.25, 0.3) is 0 Å². The van der Waals surface area contributed by atoms with Gasteiger partial charge in [-0.15, -0.1) is 0 Å². The third-order valence-corrected chi connectivity index (χ3v) is 4.64. The summed E-state index contributed by atoms with van der Waals surface area (Å²) in [6.45, 7) is 9.88. The minimum atomic E-state index is -0.761. The molecule has 132 valence electrons. The second-order valence-electron chi connectivity index (χ2n) is 8.18. The second-order valence-corrected chi connectivity index (χ2v) is 8.18. The van der Waals surface area contributed by atoms with Gasteiger partial charge in [-0.3, -0.25) is 4.79 Å². The zero-order valence-corrected chi connectivity index (χ0v) is 15.3. The summed E-state index contributed by atoms with van der Waals surface area (Å²) in [5, 5.41) is 0. The van der Waals surface area contributed by atoms with Crippen LogP contribution in [0.4, 0.5) is 4.79 Å². The summed E-state index contributed by atoms with van der Waals surface area (Å²) in [6.07, 6.45) is 0.617. The molecule has 1 aliphatic rings. The predicted molar refractivity (Wildman–Crippen MR) is 93.6 cm³/mol. The number of ether oxygens (including phenoxy) is 1. The third-order valence-electron chi connectivity index (χ3n) is 4.64. The van der Waals surface area contributed by atoms with Crippen molar-refractivity contribution < 1.29 is 14.3 Å². The summed E-state index contributed by atoms with van der Waals surface area (Å²) < 4.78 is 5.52. The number of piperidine rings is 1.